The number of anilines is 1. The molecule has 0 spiro atoms. The summed E-state index contributed by atoms with van der Waals surface area (Å²) in [5, 5.41) is 33.8. The van der Waals surface area contributed by atoms with Crippen molar-refractivity contribution < 1.29 is 38.1 Å². The van der Waals surface area contributed by atoms with Gasteiger partial charge in [-0.05, 0) is 90.9 Å². The van der Waals surface area contributed by atoms with Crippen LogP contribution in [-0.4, -0.2) is 99.1 Å². The lowest BCUT2D eigenvalue weighted by molar-refractivity contribution is 0.533. The summed E-state index contributed by atoms with van der Waals surface area (Å²) in [6.45, 7) is 5.16. The van der Waals surface area contributed by atoms with E-state index in [4.69, 9.17) is 32.8 Å². The Morgan fingerprint density at radius 3 is 1.64 bits per heavy atom. The highest BCUT2D eigenvalue weighted by Gasteiger charge is 2.40. The van der Waals surface area contributed by atoms with Crippen molar-refractivity contribution in [2.75, 3.05) is 10.6 Å². The largest absolute Gasteiger partial charge is 0.421 e. The Balaban J connectivity index is 1.14. The fraction of sp³-hybridized carbons (Fsp3) is 0.114. The molecule has 0 saturated carbocycles. The summed E-state index contributed by atoms with van der Waals surface area (Å²) in [4.78, 5) is 8.36. The van der Waals surface area contributed by atoms with Crippen molar-refractivity contribution in [1.29, 1.82) is 0 Å². The lowest BCUT2D eigenvalue weighted by Gasteiger charge is -2.31. The number of aromatic amines is 1. The second kappa shape index (κ2) is 17.9. The Morgan fingerprint density at radius 2 is 1.15 bits per heavy atom. The summed E-state index contributed by atoms with van der Waals surface area (Å²) < 4.78 is 121. The monoisotopic (exact) mass is 1100 g/mol. The Hall–Kier alpha value is -7.53. The number of benzene rings is 4. The van der Waals surface area contributed by atoms with Gasteiger partial charge in [0.15, 0.2) is 10.5 Å². The zero-order valence-corrected chi connectivity index (χ0v) is 42.8. The number of primary sulfonamides is 1. The first-order valence-corrected chi connectivity index (χ1v) is 28.1. The number of rotatable bonds is 13. The van der Waals surface area contributed by atoms with Crippen LogP contribution in [0.3, 0.4) is 0 Å². The van der Waals surface area contributed by atoms with E-state index in [2.05, 4.69) is 51.0 Å². The van der Waals surface area contributed by atoms with Gasteiger partial charge in [0.25, 0.3) is 20.0 Å². The number of aromatic nitrogens is 12. The first-order chi connectivity index (χ1) is 34.5. The van der Waals surface area contributed by atoms with Crippen LogP contribution in [0, 0.1) is 20.8 Å². The van der Waals surface area contributed by atoms with E-state index in [-0.39, 0.29) is 82.6 Å². The zero-order chi connectivity index (χ0) is 51.9. The molecule has 29 heteroatoms. The molecule has 1 unspecified atom stereocenters. The molecule has 0 aliphatic heterocycles. The molecule has 0 aliphatic rings. The molecular formula is C44H34Cl2N14O9S4. The molecule has 6 aromatic heterocycles. The number of tetrazole rings is 1. The summed E-state index contributed by atoms with van der Waals surface area (Å²) in [7, 11) is -18.5. The van der Waals surface area contributed by atoms with Gasteiger partial charge >= 0.3 is 0 Å². The molecule has 4 aromatic carbocycles. The van der Waals surface area contributed by atoms with E-state index in [1.807, 2.05) is 0 Å². The predicted molar refractivity (Wildman–Crippen MR) is 268 cm³/mol. The van der Waals surface area contributed by atoms with Gasteiger partial charge in [-0.15, -0.1) is 20.4 Å². The minimum Gasteiger partial charge on any atom is -0.421 e. The topological polar surface area (TPSA) is 321 Å². The van der Waals surface area contributed by atoms with Gasteiger partial charge in [-0.25, -0.2) is 36.2 Å². The molecule has 6 heterocycles. The molecule has 0 aliphatic carbocycles. The van der Waals surface area contributed by atoms with Gasteiger partial charge in [0.2, 0.25) is 37.7 Å². The minimum absolute atomic E-state index is 0.0197. The smallest absolute Gasteiger partial charge is 0.283 e. The van der Waals surface area contributed by atoms with E-state index in [9.17, 15) is 33.7 Å². The van der Waals surface area contributed by atoms with E-state index in [1.165, 1.54) is 79.4 Å². The number of hydrogen-bond acceptors (Lipinski definition) is 18. The molecule has 1 atom stereocenters. The quantitative estimate of drug-likeness (QED) is 0.121. The normalized spacial score (nSPS) is 13.0. The molecule has 372 valence electrons. The van der Waals surface area contributed by atoms with Crippen molar-refractivity contribution in [3.8, 4) is 45.1 Å². The van der Waals surface area contributed by atoms with Crippen LogP contribution >= 0.6 is 23.2 Å². The van der Waals surface area contributed by atoms with E-state index >= 15 is 0 Å². The van der Waals surface area contributed by atoms with Gasteiger partial charge in [-0.1, -0.05) is 58.6 Å². The standard InChI is InChI=1S/C44H34Cl2N14O9S4/c1-23-5-9-30(10-6-23)72(65,66)59-37-16-26(13-32(35(37)21-50-59)42-53-56-57-54-42)28-15-34(40(45)48-19-28)44(71(47,63)64)58(70(4,61)62)39-18-29(20-49-41(39)46)27-14-33(43-55-52-25(3)69-43)36-22-51-60(38(36)17-27)73(67,68)31-11-7-24(2)8-12-31/h5-22,44H,1-4H3,(H2,47,63,64)(H,53,54,56,57). The third-order valence-electron chi connectivity index (χ3n) is 11.5. The zero-order valence-electron chi connectivity index (χ0n) is 38.0. The SMILES string of the molecule is Cc1ccc(S(=O)(=O)n2ncc3c(-c4nn[nH]n4)cc(-c4cnc(Cl)c(C(N(c5cc(-c6cc(-c7nnc(C)o7)c7cnn(S(=O)(=O)c8ccc(C)cc8)c7c6)cnc5Cl)S(C)(=O)=O)S(N)(=O)=O)c4)cc32)cc1. The number of pyridine rings is 2. The summed E-state index contributed by atoms with van der Waals surface area (Å²) in [5.41, 5.74) is 1.74. The molecule has 0 bridgehead atoms. The fourth-order valence-corrected chi connectivity index (χ4v) is 13.8. The van der Waals surface area contributed by atoms with Crippen LogP contribution in [0.5, 0.6) is 0 Å². The van der Waals surface area contributed by atoms with Crippen molar-refractivity contribution in [3.05, 3.63) is 143 Å². The summed E-state index contributed by atoms with van der Waals surface area (Å²) in [5.74, 6) is 0.197. The van der Waals surface area contributed by atoms with Crippen LogP contribution in [0.4, 0.5) is 5.69 Å². The molecule has 10 rings (SSSR count). The molecule has 0 amide bonds. The molecule has 0 fully saturated rings. The minimum atomic E-state index is -5.10. The highest BCUT2D eigenvalue weighted by molar-refractivity contribution is 7.95. The summed E-state index contributed by atoms with van der Waals surface area (Å²) in [6.07, 6.45) is 5.81. The Morgan fingerprint density at radius 1 is 0.630 bits per heavy atom. The van der Waals surface area contributed by atoms with Gasteiger partial charge in [0.1, 0.15) is 5.15 Å². The summed E-state index contributed by atoms with van der Waals surface area (Å²) in [6, 6.07) is 20.6. The maximum atomic E-state index is 14.2. The number of aryl methyl sites for hydroxylation is 3. The van der Waals surface area contributed by atoms with Gasteiger partial charge in [0, 0.05) is 52.3 Å². The molecule has 23 nitrogen and oxygen atoms in total. The first kappa shape index (κ1) is 49.1. The number of hydrogen-bond donors (Lipinski definition) is 2. The number of fused-ring (bicyclic) bond motifs is 2. The van der Waals surface area contributed by atoms with Crippen LogP contribution in [0.15, 0.2) is 124 Å². The lowest BCUT2D eigenvalue weighted by atomic mass is 10.00. The molecular weight excluding hydrogens is 1070 g/mol. The van der Waals surface area contributed by atoms with Crippen LogP contribution in [0.25, 0.3) is 66.9 Å². The average Bonchev–Trinajstić information content (AvgIpc) is 4.18. The van der Waals surface area contributed by atoms with Gasteiger partial charge in [0.05, 0.1) is 50.7 Å². The number of nitrogens with two attached hydrogens (primary N) is 1. The van der Waals surface area contributed by atoms with Gasteiger partial charge < -0.3 is 4.42 Å². The van der Waals surface area contributed by atoms with E-state index in [1.54, 1.807) is 51.1 Å². The Kier molecular flexibility index (Phi) is 12.0. The number of nitrogens with zero attached hydrogens (tertiary/aromatic N) is 12. The van der Waals surface area contributed by atoms with Crippen molar-refractivity contribution >= 4 is 90.8 Å². The van der Waals surface area contributed by atoms with Crippen molar-refractivity contribution in [3.63, 3.8) is 0 Å². The van der Waals surface area contributed by atoms with Crippen molar-refractivity contribution in [1.82, 2.24) is 59.2 Å². The molecule has 10 aromatic rings. The fourth-order valence-electron chi connectivity index (χ4n) is 8.05. The van der Waals surface area contributed by atoms with Gasteiger partial charge in [-0.3, -0.25) is 0 Å². The summed E-state index contributed by atoms with van der Waals surface area (Å²) >= 11 is 13.4. The van der Waals surface area contributed by atoms with E-state index in [0.717, 1.165) is 19.3 Å². The van der Waals surface area contributed by atoms with Crippen LogP contribution in [0.2, 0.25) is 10.3 Å². The lowest BCUT2D eigenvalue weighted by Crippen LogP contribution is -2.41. The van der Waals surface area contributed by atoms with E-state index in [0.29, 0.717) is 10.6 Å². The highest BCUT2D eigenvalue weighted by atomic mass is 35.5. The molecule has 0 radical (unpaired) electrons. The molecule has 0 saturated heterocycles. The predicted octanol–water partition coefficient (Wildman–Crippen LogP) is 6.20. The maximum Gasteiger partial charge on any atom is 0.283 e. The molecule has 73 heavy (non-hydrogen) atoms. The number of sulfonamides is 2. The number of halogens is 2. The number of nitrogens with one attached hydrogen (secondary N) is 1. The number of H-pyrrole nitrogens is 1. The van der Waals surface area contributed by atoms with E-state index < -0.39 is 67.0 Å². The third kappa shape index (κ3) is 8.86. The Bertz CT molecular complexity index is 4320. The molecule has 3 N–H and O–H groups in total. The maximum absolute atomic E-state index is 14.2. The van der Waals surface area contributed by atoms with Crippen molar-refractivity contribution in [2.45, 2.75) is 35.9 Å². The van der Waals surface area contributed by atoms with Crippen LogP contribution in [0.1, 0.15) is 28.0 Å². The third-order valence-corrected chi connectivity index (χ3v) is 17.7. The Labute approximate surface area is 424 Å². The second-order valence-electron chi connectivity index (χ2n) is 16.5. The second-order valence-corrected chi connectivity index (χ2v) is 24.3. The first-order valence-electron chi connectivity index (χ1n) is 21.1. The average molecular weight is 1100 g/mol. The van der Waals surface area contributed by atoms with Crippen LogP contribution < -0.4 is 9.44 Å². The van der Waals surface area contributed by atoms with Crippen molar-refractivity contribution in [2.24, 2.45) is 5.14 Å². The highest BCUT2D eigenvalue weighted by Crippen LogP contribution is 2.43. The van der Waals surface area contributed by atoms with Crippen LogP contribution in [-0.2, 0) is 40.1 Å². The van der Waals surface area contributed by atoms with Gasteiger partial charge in [-0.2, -0.15) is 40.4 Å².